The summed E-state index contributed by atoms with van der Waals surface area (Å²) in [4.78, 5) is 48.7. The number of carbonyl (C=O) groups is 3. The second-order valence-electron chi connectivity index (χ2n) is 9.06. The molecular formula is C27H24N5O3+. The van der Waals surface area contributed by atoms with Crippen LogP contribution < -0.4 is 9.80 Å². The molecule has 174 valence electrons. The fourth-order valence-electron chi connectivity index (χ4n) is 5.56. The Hall–Kier alpha value is -4.17. The zero-order valence-electron chi connectivity index (χ0n) is 19.3. The molecule has 0 fully saturated rings. The van der Waals surface area contributed by atoms with Crippen LogP contribution >= 0.6 is 0 Å². The Morgan fingerprint density at radius 2 is 1.97 bits per heavy atom. The van der Waals surface area contributed by atoms with Crippen molar-refractivity contribution in [2.45, 2.75) is 26.2 Å². The number of para-hydroxylation sites is 1. The molecule has 3 aliphatic heterocycles. The molecule has 6 rings (SSSR count). The summed E-state index contributed by atoms with van der Waals surface area (Å²) >= 11 is 0. The van der Waals surface area contributed by atoms with Crippen LogP contribution in [0.5, 0.6) is 0 Å². The first-order valence-electron chi connectivity index (χ1n) is 11.8. The number of benzene rings is 1. The van der Waals surface area contributed by atoms with Crippen LogP contribution in [0.25, 0.3) is 16.8 Å². The van der Waals surface area contributed by atoms with Gasteiger partial charge in [-0.05, 0) is 24.6 Å². The van der Waals surface area contributed by atoms with Gasteiger partial charge >= 0.3 is 5.91 Å². The minimum Gasteiger partial charge on any atom is -0.299 e. The molecule has 1 unspecified atom stereocenters. The summed E-state index contributed by atoms with van der Waals surface area (Å²) in [7, 11) is 0. The van der Waals surface area contributed by atoms with Gasteiger partial charge in [-0.15, -0.1) is 0 Å². The molecule has 1 atom stereocenters. The van der Waals surface area contributed by atoms with Gasteiger partial charge in [0.15, 0.2) is 5.69 Å². The van der Waals surface area contributed by atoms with Crippen molar-refractivity contribution in [3.05, 3.63) is 77.4 Å². The third-order valence-electron chi connectivity index (χ3n) is 7.12. The number of aliphatic imine (C=N–C) groups is 1. The zero-order chi connectivity index (χ0) is 24.2. The molecule has 0 spiro atoms. The predicted octanol–water partition coefficient (Wildman–Crippen LogP) is 3.06. The van der Waals surface area contributed by atoms with Crippen molar-refractivity contribution in [1.82, 2.24) is 19.2 Å². The van der Waals surface area contributed by atoms with Crippen molar-refractivity contribution in [1.29, 1.82) is 0 Å². The van der Waals surface area contributed by atoms with E-state index in [1.807, 2.05) is 49.5 Å². The number of aromatic nitrogens is 2. The van der Waals surface area contributed by atoms with E-state index in [0.717, 1.165) is 29.7 Å². The number of imide groups is 1. The van der Waals surface area contributed by atoms with Gasteiger partial charge in [0.1, 0.15) is 12.2 Å². The molecule has 8 nitrogen and oxygen atoms in total. The first kappa shape index (κ1) is 21.4. The summed E-state index contributed by atoms with van der Waals surface area (Å²) in [6.45, 7) is 3.13. The molecule has 35 heavy (non-hydrogen) atoms. The lowest BCUT2D eigenvalue weighted by atomic mass is 9.91. The molecular weight excluding hydrogens is 442 g/mol. The highest BCUT2D eigenvalue weighted by molar-refractivity contribution is 6.40. The SMILES string of the molecule is CCCC(=O)[N+]12CC=NC=C(C3=C(c4cnc5ccccn45)C(=O)NC3=O)c3cccc(c31)CC2. The first-order chi connectivity index (χ1) is 17.0. The molecule has 3 aromatic rings. The summed E-state index contributed by atoms with van der Waals surface area (Å²) in [6, 6.07) is 11.5. The number of carbonyl (C=O) groups excluding carboxylic acids is 3. The maximum absolute atomic E-state index is 13.5. The monoisotopic (exact) mass is 466 g/mol. The van der Waals surface area contributed by atoms with E-state index in [1.165, 1.54) is 0 Å². The maximum Gasteiger partial charge on any atom is 0.319 e. The number of imidazole rings is 1. The largest absolute Gasteiger partial charge is 0.319 e. The Labute approximate surface area is 201 Å². The molecule has 1 aromatic carbocycles. The number of fused-ring (bicyclic) bond motifs is 1. The number of rotatable bonds is 4. The molecule has 0 bridgehead atoms. The van der Waals surface area contributed by atoms with Crippen LogP contribution in [0.15, 0.2) is 65.6 Å². The first-order valence-corrected chi connectivity index (χ1v) is 11.8. The van der Waals surface area contributed by atoms with Crippen LogP contribution in [0.2, 0.25) is 0 Å². The van der Waals surface area contributed by atoms with Crippen LogP contribution in [0.3, 0.4) is 0 Å². The van der Waals surface area contributed by atoms with E-state index >= 15 is 0 Å². The normalized spacial score (nSPS) is 21.1. The molecule has 8 heteroatoms. The molecule has 5 heterocycles. The van der Waals surface area contributed by atoms with Crippen molar-refractivity contribution in [3.8, 4) is 0 Å². The second kappa shape index (κ2) is 7.95. The van der Waals surface area contributed by atoms with E-state index in [2.05, 4.69) is 15.3 Å². The number of amides is 3. The van der Waals surface area contributed by atoms with E-state index < -0.39 is 11.8 Å². The summed E-state index contributed by atoms with van der Waals surface area (Å²) in [5.41, 5.74) is 5.03. The van der Waals surface area contributed by atoms with Gasteiger partial charge in [0.05, 0.1) is 42.2 Å². The Balaban J connectivity index is 1.63. The highest BCUT2D eigenvalue weighted by Crippen LogP contribution is 2.45. The number of hydrogen-bond donors (Lipinski definition) is 1. The number of pyridine rings is 1. The van der Waals surface area contributed by atoms with E-state index in [4.69, 9.17) is 0 Å². The lowest BCUT2D eigenvalue weighted by molar-refractivity contribution is -0.129. The van der Waals surface area contributed by atoms with Crippen molar-refractivity contribution in [3.63, 3.8) is 0 Å². The molecule has 0 radical (unpaired) electrons. The van der Waals surface area contributed by atoms with Crippen molar-refractivity contribution in [2.24, 2.45) is 4.99 Å². The van der Waals surface area contributed by atoms with Gasteiger partial charge in [-0.25, -0.2) is 14.3 Å². The summed E-state index contributed by atoms with van der Waals surface area (Å²) < 4.78 is 1.98. The minimum atomic E-state index is -0.480. The third kappa shape index (κ3) is 3.06. The standard InChI is InChI=1S/C27H23N5O3/c1-2-6-22(33)32-13-10-17-7-5-8-18(25(17)32)19(15-28-11-14-32)23-24(27(35)30-26(23)34)20-16-29-21-9-3-4-12-31(20)21/h3-5,7-9,11-12,15-16H,2,6,10,13-14H2,1H3/p+1. The van der Waals surface area contributed by atoms with Crippen LogP contribution in [0.4, 0.5) is 5.69 Å². The number of nitrogens with zero attached hydrogens (tertiary/aromatic N) is 4. The van der Waals surface area contributed by atoms with Crippen LogP contribution in [0, 0.1) is 0 Å². The summed E-state index contributed by atoms with van der Waals surface area (Å²) in [5.74, 6) is -0.807. The van der Waals surface area contributed by atoms with Crippen LogP contribution in [0.1, 0.15) is 36.6 Å². The quantitative estimate of drug-likeness (QED) is 0.473. The topological polar surface area (TPSA) is 92.9 Å². The highest BCUT2D eigenvalue weighted by Gasteiger charge is 2.47. The number of hydrogen-bond acceptors (Lipinski definition) is 5. The van der Waals surface area contributed by atoms with Gasteiger partial charge in [0.25, 0.3) is 11.8 Å². The fraction of sp³-hybridized carbons (Fsp3) is 0.222. The Kier molecular flexibility index (Phi) is 4.86. The molecule has 3 aliphatic rings. The highest BCUT2D eigenvalue weighted by atomic mass is 16.2. The van der Waals surface area contributed by atoms with Crippen molar-refractivity contribution < 1.29 is 14.4 Å². The van der Waals surface area contributed by atoms with Gasteiger partial charge in [-0.3, -0.25) is 24.3 Å². The molecule has 0 aliphatic carbocycles. The number of quaternary nitrogens is 1. The zero-order valence-corrected chi connectivity index (χ0v) is 19.3. The predicted molar refractivity (Wildman–Crippen MR) is 133 cm³/mol. The van der Waals surface area contributed by atoms with Crippen molar-refractivity contribution in [2.75, 3.05) is 13.1 Å². The van der Waals surface area contributed by atoms with Crippen LogP contribution in [-0.4, -0.2) is 46.4 Å². The minimum absolute atomic E-state index is 0.148. The van der Waals surface area contributed by atoms with Crippen LogP contribution in [-0.2, 0) is 20.8 Å². The van der Waals surface area contributed by atoms with Gasteiger partial charge in [0, 0.05) is 35.5 Å². The molecule has 0 saturated heterocycles. The number of nitrogens with one attached hydrogen (secondary N) is 1. The van der Waals surface area contributed by atoms with E-state index in [9.17, 15) is 14.4 Å². The van der Waals surface area contributed by atoms with Gasteiger partial charge in [-0.1, -0.05) is 25.1 Å². The Morgan fingerprint density at radius 3 is 2.83 bits per heavy atom. The third-order valence-corrected chi connectivity index (χ3v) is 7.12. The average Bonchev–Trinajstić information content (AvgIpc) is 3.52. The average molecular weight is 467 g/mol. The molecule has 1 N–H and O–H groups in total. The Bertz CT molecular complexity index is 1530. The Morgan fingerprint density at radius 1 is 1.11 bits per heavy atom. The smallest absolute Gasteiger partial charge is 0.299 e. The van der Waals surface area contributed by atoms with Gasteiger partial charge in [-0.2, -0.15) is 0 Å². The summed E-state index contributed by atoms with van der Waals surface area (Å²) in [6.07, 6.45) is 8.81. The lowest BCUT2D eigenvalue weighted by Gasteiger charge is -2.33. The van der Waals surface area contributed by atoms with E-state index in [1.54, 1.807) is 23.0 Å². The summed E-state index contributed by atoms with van der Waals surface area (Å²) in [5, 5.41) is 2.47. The molecule has 3 amide bonds. The van der Waals surface area contributed by atoms with Gasteiger partial charge < -0.3 is 0 Å². The second-order valence-corrected chi connectivity index (χ2v) is 9.06. The lowest BCUT2D eigenvalue weighted by Crippen LogP contribution is -2.54. The maximum atomic E-state index is 13.5. The van der Waals surface area contributed by atoms with Gasteiger partial charge in [0.2, 0.25) is 0 Å². The van der Waals surface area contributed by atoms with Crippen molar-refractivity contribution >= 4 is 46.4 Å². The van der Waals surface area contributed by atoms with E-state index in [0.29, 0.717) is 36.4 Å². The fourth-order valence-corrected chi connectivity index (χ4v) is 5.56. The molecule has 2 aromatic heterocycles. The van der Waals surface area contributed by atoms with E-state index in [-0.39, 0.29) is 21.5 Å². The molecule has 0 saturated carbocycles.